The number of methoxy groups -OCH3 is 1. The van der Waals surface area contributed by atoms with Crippen molar-refractivity contribution in [2.75, 3.05) is 38.2 Å². The number of aromatic hydroxyl groups is 1. The number of carbonyl (C=O) groups excluding carboxylic acids is 1. The number of rotatable bonds is 5. The number of fused-ring (bicyclic) bond motifs is 1. The first-order chi connectivity index (χ1) is 15.5. The van der Waals surface area contributed by atoms with Crippen LogP contribution in [0.4, 0.5) is 5.82 Å². The van der Waals surface area contributed by atoms with Gasteiger partial charge in [0.1, 0.15) is 5.75 Å². The number of ether oxygens (including phenoxy) is 1. The van der Waals surface area contributed by atoms with Crippen molar-refractivity contribution >= 4 is 11.8 Å². The van der Waals surface area contributed by atoms with E-state index in [1.165, 1.54) is 13.2 Å². The summed E-state index contributed by atoms with van der Waals surface area (Å²) in [6.45, 7) is 5.42. The molecule has 1 saturated heterocycles. The minimum Gasteiger partial charge on any atom is -0.507 e. The van der Waals surface area contributed by atoms with Gasteiger partial charge in [-0.15, -0.1) is 10.2 Å². The maximum atomic E-state index is 11.5. The predicted octanol–water partition coefficient (Wildman–Crippen LogP) is 2.81. The molecule has 3 heterocycles. The lowest BCUT2D eigenvalue weighted by Gasteiger charge is -2.42. The molecule has 2 aromatic rings. The van der Waals surface area contributed by atoms with E-state index in [0.717, 1.165) is 62.3 Å². The van der Waals surface area contributed by atoms with Crippen LogP contribution in [-0.2, 0) is 16.0 Å². The molecule has 0 bridgehead atoms. The number of anilines is 1. The van der Waals surface area contributed by atoms with Crippen LogP contribution in [0, 0.1) is 18.3 Å². The SMILES string of the molecule is COC(=O)CCN1CCC[C@H](N2CCCc3cc(-c4c(C)cc(C#N)cc4O)nnc32)C1. The Morgan fingerprint density at radius 1 is 1.28 bits per heavy atom. The van der Waals surface area contributed by atoms with Crippen molar-refractivity contribution in [3.05, 3.63) is 34.9 Å². The number of nitriles is 1. The van der Waals surface area contributed by atoms with Crippen LogP contribution < -0.4 is 4.90 Å². The van der Waals surface area contributed by atoms with Gasteiger partial charge < -0.3 is 19.6 Å². The normalized spacial score (nSPS) is 18.7. The van der Waals surface area contributed by atoms with Gasteiger partial charge in [-0.3, -0.25) is 4.79 Å². The van der Waals surface area contributed by atoms with Crippen LogP contribution in [0.25, 0.3) is 11.3 Å². The number of phenols is 1. The average molecular weight is 436 g/mol. The van der Waals surface area contributed by atoms with Gasteiger partial charge >= 0.3 is 5.97 Å². The molecule has 8 nitrogen and oxygen atoms in total. The molecule has 8 heteroatoms. The van der Waals surface area contributed by atoms with Crippen molar-refractivity contribution in [1.29, 1.82) is 5.26 Å². The fourth-order valence-electron chi connectivity index (χ4n) is 4.88. The summed E-state index contributed by atoms with van der Waals surface area (Å²) in [6.07, 6.45) is 4.55. The summed E-state index contributed by atoms with van der Waals surface area (Å²) >= 11 is 0. The van der Waals surface area contributed by atoms with Gasteiger partial charge in [0, 0.05) is 31.2 Å². The van der Waals surface area contributed by atoms with Gasteiger partial charge in [-0.25, -0.2) is 0 Å². The van der Waals surface area contributed by atoms with Gasteiger partial charge in [0.05, 0.1) is 30.9 Å². The van der Waals surface area contributed by atoms with Crippen LogP contribution in [0.1, 0.15) is 42.4 Å². The van der Waals surface area contributed by atoms with E-state index in [9.17, 15) is 9.90 Å². The summed E-state index contributed by atoms with van der Waals surface area (Å²) in [7, 11) is 1.43. The third-order valence-corrected chi connectivity index (χ3v) is 6.45. The second-order valence-electron chi connectivity index (χ2n) is 8.60. The number of hydrogen-bond donors (Lipinski definition) is 1. The zero-order valence-corrected chi connectivity index (χ0v) is 18.7. The molecule has 2 aliphatic heterocycles. The van der Waals surface area contributed by atoms with E-state index >= 15 is 0 Å². The van der Waals surface area contributed by atoms with Crippen LogP contribution in [0.15, 0.2) is 18.2 Å². The van der Waals surface area contributed by atoms with E-state index in [0.29, 0.717) is 35.8 Å². The number of phenolic OH excluding ortho intramolecular Hbond substituents is 1. The molecule has 32 heavy (non-hydrogen) atoms. The Labute approximate surface area is 188 Å². The largest absolute Gasteiger partial charge is 0.507 e. The fraction of sp³-hybridized carbons (Fsp3) is 0.500. The number of aryl methyl sites for hydroxylation is 2. The molecular weight excluding hydrogens is 406 g/mol. The van der Waals surface area contributed by atoms with E-state index < -0.39 is 0 Å². The molecule has 0 aliphatic carbocycles. The molecular formula is C24H29N5O3. The number of esters is 1. The van der Waals surface area contributed by atoms with E-state index in [4.69, 9.17) is 10.00 Å². The van der Waals surface area contributed by atoms with Crippen LogP contribution in [0.3, 0.4) is 0 Å². The minimum absolute atomic E-state index is 0.0528. The van der Waals surface area contributed by atoms with E-state index in [1.807, 2.05) is 13.0 Å². The summed E-state index contributed by atoms with van der Waals surface area (Å²) in [6, 6.07) is 7.67. The Kier molecular flexibility index (Phi) is 6.56. The zero-order valence-electron chi connectivity index (χ0n) is 18.7. The molecule has 0 spiro atoms. The second kappa shape index (κ2) is 9.53. The van der Waals surface area contributed by atoms with Crippen molar-refractivity contribution in [2.24, 2.45) is 0 Å². The Hall–Kier alpha value is -3.18. The first kappa shape index (κ1) is 22.0. The predicted molar refractivity (Wildman–Crippen MR) is 120 cm³/mol. The molecule has 1 aromatic carbocycles. The van der Waals surface area contributed by atoms with Gasteiger partial charge in [0.15, 0.2) is 5.82 Å². The lowest BCUT2D eigenvalue weighted by Crippen LogP contribution is -2.50. The topological polar surface area (TPSA) is 103 Å². The third-order valence-electron chi connectivity index (χ3n) is 6.45. The van der Waals surface area contributed by atoms with Gasteiger partial charge in [-0.05, 0) is 68.5 Å². The molecule has 0 saturated carbocycles. The van der Waals surface area contributed by atoms with Gasteiger partial charge in [-0.1, -0.05) is 0 Å². The molecule has 2 aliphatic rings. The molecule has 1 fully saturated rings. The number of piperidine rings is 1. The van der Waals surface area contributed by atoms with Crippen LogP contribution in [-0.4, -0.2) is 65.5 Å². The standard InChI is InChI=1S/C24H29N5O3/c1-16-11-17(14-25)12-21(30)23(16)20-13-18-5-3-9-29(24(18)27-26-20)19-6-4-8-28(15-19)10-7-22(31)32-2/h11-13,19,30H,3-10,15H2,1-2H3/t19-/m0/s1. The maximum Gasteiger partial charge on any atom is 0.306 e. The number of carbonyl (C=O) groups is 1. The van der Waals surface area contributed by atoms with Crippen LogP contribution in [0.2, 0.25) is 0 Å². The summed E-state index contributed by atoms with van der Waals surface area (Å²) in [4.78, 5) is 16.2. The monoisotopic (exact) mass is 435 g/mol. The average Bonchev–Trinajstić information content (AvgIpc) is 2.81. The number of aromatic nitrogens is 2. The molecule has 0 amide bonds. The maximum absolute atomic E-state index is 11.5. The summed E-state index contributed by atoms with van der Waals surface area (Å²) in [5, 5.41) is 28.7. The van der Waals surface area contributed by atoms with Gasteiger partial charge in [-0.2, -0.15) is 5.26 Å². The van der Waals surface area contributed by atoms with Crippen molar-refractivity contribution in [1.82, 2.24) is 15.1 Å². The van der Waals surface area contributed by atoms with Crippen molar-refractivity contribution in [3.8, 4) is 23.1 Å². The Morgan fingerprint density at radius 2 is 2.12 bits per heavy atom. The highest BCUT2D eigenvalue weighted by Gasteiger charge is 2.30. The highest BCUT2D eigenvalue weighted by atomic mass is 16.5. The van der Waals surface area contributed by atoms with E-state index in [1.54, 1.807) is 6.07 Å². The van der Waals surface area contributed by atoms with Crippen molar-refractivity contribution in [3.63, 3.8) is 0 Å². The van der Waals surface area contributed by atoms with Crippen LogP contribution in [0.5, 0.6) is 5.75 Å². The Bertz CT molecular complexity index is 1030. The van der Waals surface area contributed by atoms with Crippen LogP contribution >= 0.6 is 0 Å². The number of benzene rings is 1. The fourth-order valence-corrected chi connectivity index (χ4v) is 4.88. The lowest BCUT2D eigenvalue weighted by atomic mass is 9.96. The smallest absolute Gasteiger partial charge is 0.306 e. The van der Waals surface area contributed by atoms with Gasteiger partial charge in [0.2, 0.25) is 0 Å². The molecule has 0 radical (unpaired) electrons. The highest BCUT2D eigenvalue weighted by molar-refractivity contribution is 5.73. The lowest BCUT2D eigenvalue weighted by molar-refractivity contribution is -0.141. The summed E-state index contributed by atoms with van der Waals surface area (Å²) < 4.78 is 4.78. The molecule has 1 aromatic heterocycles. The molecule has 0 unspecified atom stereocenters. The highest BCUT2D eigenvalue weighted by Crippen LogP contribution is 2.36. The number of nitrogens with zero attached hydrogens (tertiary/aromatic N) is 5. The first-order valence-electron chi connectivity index (χ1n) is 11.2. The van der Waals surface area contributed by atoms with Crippen molar-refractivity contribution in [2.45, 2.75) is 45.1 Å². The van der Waals surface area contributed by atoms with E-state index in [2.05, 4.69) is 26.1 Å². The molecule has 168 valence electrons. The first-order valence-corrected chi connectivity index (χ1v) is 11.2. The number of likely N-dealkylation sites (tertiary alicyclic amines) is 1. The molecule has 1 N–H and O–H groups in total. The summed E-state index contributed by atoms with van der Waals surface area (Å²) in [5.41, 5.74) is 3.62. The van der Waals surface area contributed by atoms with Gasteiger partial charge in [0.25, 0.3) is 0 Å². The third kappa shape index (κ3) is 4.53. The quantitative estimate of drug-likeness (QED) is 0.715. The Balaban J connectivity index is 1.55. The Morgan fingerprint density at radius 3 is 2.88 bits per heavy atom. The number of hydrogen-bond acceptors (Lipinski definition) is 8. The molecule has 1 atom stereocenters. The van der Waals surface area contributed by atoms with Crippen molar-refractivity contribution < 1.29 is 14.6 Å². The zero-order chi connectivity index (χ0) is 22.7. The summed E-state index contributed by atoms with van der Waals surface area (Å²) in [5.74, 6) is 0.804. The second-order valence-corrected chi connectivity index (χ2v) is 8.60. The minimum atomic E-state index is -0.171. The van der Waals surface area contributed by atoms with E-state index in [-0.39, 0.29) is 11.7 Å². The molecule has 4 rings (SSSR count).